The van der Waals surface area contributed by atoms with Crippen molar-refractivity contribution in [3.8, 4) is 0 Å². The lowest BCUT2D eigenvalue weighted by molar-refractivity contribution is 1.03. The van der Waals surface area contributed by atoms with E-state index in [1.54, 1.807) is 0 Å². The second kappa shape index (κ2) is 2.97. The Kier molecular flexibility index (Phi) is 1.59. The number of hydrogen-bond donors (Lipinski definition) is 1. The molecule has 2 nitrogen and oxygen atoms in total. The van der Waals surface area contributed by atoms with E-state index >= 15 is 0 Å². The van der Waals surface area contributed by atoms with Crippen LogP contribution in [-0.4, -0.2) is 16.7 Å². The number of aliphatic imine (C=N–C) groups is 1. The minimum Gasteiger partial charge on any atom is -0.353 e. The lowest BCUT2D eigenvalue weighted by Gasteiger charge is -1.95. The van der Waals surface area contributed by atoms with Gasteiger partial charge in [-0.15, -0.1) is 0 Å². The molecule has 16 heavy (non-hydrogen) atoms. The summed E-state index contributed by atoms with van der Waals surface area (Å²) in [6.07, 6.45) is 4.87. The van der Waals surface area contributed by atoms with Crippen LogP contribution >= 0.6 is 0 Å². The molecule has 0 amide bonds. The molecule has 0 saturated heterocycles. The second-order valence-electron chi connectivity index (χ2n) is 4.83. The molecule has 0 atom stereocenters. The average molecular weight is 210 g/mol. The van der Waals surface area contributed by atoms with Gasteiger partial charge in [-0.25, -0.2) is 0 Å². The Balaban J connectivity index is 1.92. The van der Waals surface area contributed by atoms with Gasteiger partial charge in [0.1, 0.15) is 0 Å². The van der Waals surface area contributed by atoms with E-state index in [-0.39, 0.29) is 0 Å². The molecule has 0 radical (unpaired) electrons. The summed E-state index contributed by atoms with van der Waals surface area (Å²) in [7, 11) is 0. The number of aromatic amines is 1. The normalized spacial score (nSPS) is 21.9. The average Bonchev–Trinajstić information content (AvgIpc) is 2.92. The van der Waals surface area contributed by atoms with Crippen molar-refractivity contribution in [1.29, 1.82) is 0 Å². The van der Waals surface area contributed by atoms with Crippen LogP contribution in [0.5, 0.6) is 0 Å². The van der Waals surface area contributed by atoms with Crippen LogP contribution in [-0.2, 0) is 6.42 Å². The Morgan fingerprint density at radius 3 is 2.88 bits per heavy atom. The van der Waals surface area contributed by atoms with Crippen molar-refractivity contribution in [3.63, 3.8) is 0 Å². The van der Waals surface area contributed by atoms with E-state index in [2.05, 4.69) is 29.2 Å². The van der Waals surface area contributed by atoms with Crippen molar-refractivity contribution >= 4 is 16.6 Å². The molecule has 0 bridgehead atoms. The van der Waals surface area contributed by atoms with Crippen molar-refractivity contribution in [1.82, 2.24) is 4.98 Å². The summed E-state index contributed by atoms with van der Waals surface area (Å²) in [5.74, 6) is 0. The van der Waals surface area contributed by atoms with Gasteiger partial charge in [-0.1, -0.05) is 18.2 Å². The molecule has 2 aromatic rings. The van der Waals surface area contributed by atoms with Crippen LogP contribution in [0, 0.1) is 0 Å². The highest BCUT2D eigenvalue weighted by molar-refractivity contribution is 6.08. The van der Waals surface area contributed by atoms with Crippen molar-refractivity contribution < 1.29 is 0 Å². The van der Waals surface area contributed by atoms with Crippen LogP contribution < -0.4 is 0 Å². The van der Waals surface area contributed by atoms with Crippen LogP contribution in [0.2, 0.25) is 0 Å². The monoisotopic (exact) mass is 210 g/mol. The summed E-state index contributed by atoms with van der Waals surface area (Å²) in [5, 5.41) is 1.39. The molecule has 1 heterocycles. The zero-order valence-corrected chi connectivity index (χ0v) is 9.16. The van der Waals surface area contributed by atoms with Crippen molar-refractivity contribution in [2.75, 3.05) is 0 Å². The topological polar surface area (TPSA) is 28.1 Å². The van der Waals surface area contributed by atoms with Gasteiger partial charge in [0.05, 0.1) is 17.4 Å². The number of aryl methyl sites for hydroxylation is 1. The minimum absolute atomic E-state index is 0.632. The van der Waals surface area contributed by atoms with E-state index < -0.39 is 0 Å². The minimum atomic E-state index is 0.632. The van der Waals surface area contributed by atoms with Gasteiger partial charge in [0.25, 0.3) is 0 Å². The first-order chi connectivity index (χ1) is 7.92. The van der Waals surface area contributed by atoms with E-state index in [1.807, 2.05) is 0 Å². The largest absolute Gasteiger partial charge is 0.353 e. The molecule has 1 aromatic heterocycles. The van der Waals surface area contributed by atoms with Gasteiger partial charge >= 0.3 is 0 Å². The van der Waals surface area contributed by atoms with E-state index in [4.69, 9.17) is 4.99 Å². The van der Waals surface area contributed by atoms with Gasteiger partial charge in [0, 0.05) is 10.9 Å². The summed E-state index contributed by atoms with van der Waals surface area (Å²) in [5.41, 5.74) is 5.37. The van der Waals surface area contributed by atoms with Crippen LogP contribution in [0.15, 0.2) is 29.3 Å². The third-order valence-electron chi connectivity index (χ3n) is 3.60. The number of benzene rings is 1. The number of para-hydroxylation sites is 1. The Morgan fingerprint density at radius 2 is 2.00 bits per heavy atom. The number of nitrogens with one attached hydrogen (secondary N) is 1. The van der Waals surface area contributed by atoms with Crippen LogP contribution in [0.3, 0.4) is 0 Å². The maximum Gasteiger partial charge on any atom is 0.0638 e. The first kappa shape index (κ1) is 8.57. The maximum atomic E-state index is 4.81. The summed E-state index contributed by atoms with van der Waals surface area (Å²) in [6.45, 7) is 0. The molecule has 4 rings (SSSR count). The van der Waals surface area contributed by atoms with Gasteiger partial charge in [-0.3, -0.25) is 4.99 Å². The van der Waals surface area contributed by atoms with Crippen LogP contribution in [0.4, 0.5) is 0 Å². The zero-order chi connectivity index (χ0) is 10.5. The highest BCUT2D eigenvalue weighted by Gasteiger charge is 2.26. The van der Waals surface area contributed by atoms with Crippen LogP contribution in [0.25, 0.3) is 10.9 Å². The standard InChI is InChI=1S/C14H14N2/c1-2-4-12-10(3-1)11-7-8-13(14(11)16-12)15-9-5-6-9/h1-4,9,16H,5-8H2/b15-13-. The molecule has 1 aromatic carbocycles. The number of fused-ring (bicyclic) bond motifs is 3. The van der Waals surface area contributed by atoms with Crippen molar-refractivity contribution in [2.24, 2.45) is 4.99 Å². The highest BCUT2D eigenvalue weighted by atomic mass is 14.9. The van der Waals surface area contributed by atoms with E-state index in [0.29, 0.717) is 6.04 Å². The van der Waals surface area contributed by atoms with Gasteiger partial charge in [-0.2, -0.15) is 0 Å². The molecule has 1 N–H and O–H groups in total. The molecule has 0 aliphatic heterocycles. The Hall–Kier alpha value is -1.57. The van der Waals surface area contributed by atoms with Gasteiger partial charge < -0.3 is 4.98 Å². The number of rotatable bonds is 1. The van der Waals surface area contributed by atoms with Crippen molar-refractivity contribution in [2.45, 2.75) is 31.7 Å². The molecule has 2 aliphatic carbocycles. The zero-order valence-electron chi connectivity index (χ0n) is 9.16. The summed E-state index contributed by atoms with van der Waals surface area (Å²) in [4.78, 5) is 8.34. The van der Waals surface area contributed by atoms with Gasteiger partial charge in [0.15, 0.2) is 0 Å². The molecule has 0 unspecified atom stereocenters. The second-order valence-corrected chi connectivity index (χ2v) is 4.83. The van der Waals surface area contributed by atoms with E-state index in [0.717, 1.165) is 12.8 Å². The molecule has 2 heteroatoms. The maximum absolute atomic E-state index is 4.81. The number of nitrogens with zero attached hydrogens (tertiary/aromatic N) is 1. The van der Waals surface area contributed by atoms with E-state index in [1.165, 1.54) is 40.7 Å². The van der Waals surface area contributed by atoms with Gasteiger partial charge in [0.2, 0.25) is 0 Å². The van der Waals surface area contributed by atoms with E-state index in [9.17, 15) is 0 Å². The van der Waals surface area contributed by atoms with Crippen LogP contribution in [0.1, 0.15) is 30.5 Å². The Bertz CT molecular complexity index is 588. The fourth-order valence-corrected chi connectivity index (χ4v) is 2.63. The third-order valence-corrected chi connectivity index (χ3v) is 3.60. The first-order valence-corrected chi connectivity index (χ1v) is 6.08. The predicted molar refractivity (Wildman–Crippen MR) is 66.2 cm³/mol. The molecular weight excluding hydrogens is 196 g/mol. The fraction of sp³-hybridized carbons (Fsp3) is 0.357. The third kappa shape index (κ3) is 1.16. The molecule has 2 aliphatic rings. The number of H-pyrrole nitrogens is 1. The summed E-state index contributed by atoms with van der Waals surface area (Å²) >= 11 is 0. The number of aromatic nitrogens is 1. The first-order valence-electron chi connectivity index (χ1n) is 6.08. The smallest absolute Gasteiger partial charge is 0.0638 e. The predicted octanol–water partition coefficient (Wildman–Crippen LogP) is 3.07. The lowest BCUT2D eigenvalue weighted by Crippen LogP contribution is -1.97. The fourth-order valence-electron chi connectivity index (χ4n) is 2.63. The molecular formula is C14H14N2. The Labute approximate surface area is 94.4 Å². The summed E-state index contributed by atoms with van der Waals surface area (Å²) < 4.78 is 0. The molecule has 1 saturated carbocycles. The Morgan fingerprint density at radius 1 is 1.12 bits per heavy atom. The molecule has 80 valence electrons. The molecule has 1 fully saturated rings. The summed E-state index contributed by atoms with van der Waals surface area (Å²) in [6, 6.07) is 9.21. The lowest BCUT2D eigenvalue weighted by atomic mass is 10.1. The van der Waals surface area contributed by atoms with Crippen molar-refractivity contribution in [3.05, 3.63) is 35.5 Å². The highest BCUT2D eigenvalue weighted by Crippen LogP contribution is 2.32. The quantitative estimate of drug-likeness (QED) is 0.749. The SMILES string of the molecule is c1ccc2c3c([nH]c2c1)/C(=N\C1CC1)CC3. The molecule has 0 spiro atoms. The van der Waals surface area contributed by atoms with Gasteiger partial charge in [-0.05, 0) is 37.3 Å². The number of hydrogen-bond acceptors (Lipinski definition) is 1.